The second kappa shape index (κ2) is 3.90. The highest BCUT2D eigenvalue weighted by molar-refractivity contribution is 5.80. The fourth-order valence-electron chi connectivity index (χ4n) is 0.525. The molecule has 0 radical (unpaired) electrons. The third-order valence-corrected chi connectivity index (χ3v) is 0.715. The van der Waals surface area contributed by atoms with Gasteiger partial charge < -0.3 is 5.32 Å². The molecule has 0 aliphatic rings. The molecule has 0 aliphatic carbocycles. The Labute approximate surface area is 55.4 Å². The number of aliphatic imine (C=N–C) groups is 1. The monoisotopic (exact) mass is 125 g/mol. The maximum atomic E-state index is 8.07. The van der Waals surface area contributed by atoms with Crippen molar-refractivity contribution < 1.29 is 0 Å². The summed E-state index contributed by atoms with van der Waals surface area (Å²) in [5.74, 6) is 0.674. The molecule has 0 atom stereocenters. The molecule has 3 nitrogen and oxygen atoms in total. The zero-order chi connectivity index (χ0) is 7.28. The molecule has 0 rings (SSSR count). The van der Waals surface area contributed by atoms with Gasteiger partial charge in [0.05, 0.1) is 0 Å². The van der Waals surface area contributed by atoms with Crippen molar-refractivity contribution in [3.05, 3.63) is 0 Å². The lowest BCUT2D eigenvalue weighted by Crippen LogP contribution is -2.27. The average molecular weight is 125 g/mol. The van der Waals surface area contributed by atoms with Crippen LogP contribution in [0.3, 0.4) is 0 Å². The van der Waals surface area contributed by atoms with Gasteiger partial charge in [-0.3, -0.25) is 0 Å². The summed E-state index contributed by atoms with van der Waals surface area (Å²) in [6.45, 7) is 5.76. The molecule has 0 aliphatic heterocycles. The van der Waals surface area contributed by atoms with Crippen LogP contribution in [0.25, 0.3) is 0 Å². The van der Waals surface area contributed by atoms with Crippen molar-refractivity contribution in [3.8, 4) is 6.19 Å². The van der Waals surface area contributed by atoms with Crippen molar-refractivity contribution in [2.75, 3.05) is 0 Å². The average Bonchev–Trinajstić information content (AvgIpc) is 1.63. The van der Waals surface area contributed by atoms with Crippen LogP contribution in [0.5, 0.6) is 0 Å². The predicted molar refractivity (Wildman–Crippen MR) is 37.0 cm³/mol. The van der Waals surface area contributed by atoms with Crippen LogP contribution >= 0.6 is 0 Å². The smallest absolute Gasteiger partial charge is 0.207 e. The summed E-state index contributed by atoms with van der Waals surface area (Å²) >= 11 is 0. The molecule has 1 N–H and O–H groups in total. The SMILES string of the molecule is C/C(=N\C#N)NC(C)C. The Balaban J connectivity index is 3.66. The number of hydrogen-bond acceptors (Lipinski definition) is 2. The van der Waals surface area contributed by atoms with E-state index in [1.54, 1.807) is 13.1 Å². The molecule has 0 saturated carbocycles. The summed E-state index contributed by atoms with van der Waals surface area (Å²) in [7, 11) is 0. The van der Waals surface area contributed by atoms with Crippen molar-refractivity contribution in [2.24, 2.45) is 4.99 Å². The van der Waals surface area contributed by atoms with E-state index in [-0.39, 0.29) is 0 Å². The third-order valence-electron chi connectivity index (χ3n) is 0.715. The molecule has 0 saturated heterocycles. The molecular formula is C6H11N3. The Hall–Kier alpha value is -1.04. The summed E-state index contributed by atoms with van der Waals surface area (Å²) in [6.07, 6.45) is 1.70. The zero-order valence-electron chi connectivity index (χ0n) is 5.97. The van der Waals surface area contributed by atoms with Gasteiger partial charge in [0.15, 0.2) is 0 Å². The van der Waals surface area contributed by atoms with Gasteiger partial charge in [0, 0.05) is 6.04 Å². The maximum Gasteiger partial charge on any atom is 0.207 e. The van der Waals surface area contributed by atoms with Crippen molar-refractivity contribution in [1.82, 2.24) is 5.32 Å². The number of nitriles is 1. The van der Waals surface area contributed by atoms with Gasteiger partial charge in [-0.15, -0.1) is 0 Å². The number of nitrogens with one attached hydrogen (secondary N) is 1. The highest BCUT2D eigenvalue weighted by atomic mass is 15.0. The molecule has 0 unspecified atom stereocenters. The van der Waals surface area contributed by atoms with Crippen LogP contribution in [0.15, 0.2) is 4.99 Å². The molecule has 0 amide bonds. The molecule has 0 aromatic carbocycles. The molecule has 0 bridgehead atoms. The van der Waals surface area contributed by atoms with Gasteiger partial charge >= 0.3 is 0 Å². The van der Waals surface area contributed by atoms with Crippen LogP contribution in [-0.2, 0) is 0 Å². The van der Waals surface area contributed by atoms with Crippen LogP contribution in [0.1, 0.15) is 20.8 Å². The Morgan fingerprint density at radius 2 is 2.22 bits per heavy atom. The number of hydrogen-bond donors (Lipinski definition) is 1. The first-order chi connectivity index (χ1) is 4.16. The van der Waals surface area contributed by atoms with E-state index in [1.807, 2.05) is 13.8 Å². The van der Waals surface area contributed by atoms with E-state index in [0.29, 0.717) is 11.9 Å². The van der Waals surface area contributed by atoms with Crippen LogP contribution in [-0.4, -0.2) is 11.9 Å². The van der Waals surface area contributed by atoms with E-state index < -0.39 is 0 Å². The van der Waals surface area contributed by atoms with E-state index in [9.17, 15) is 0 Å². The highest BCUT2D eigenvalue weighted by Gasteiger charge is 1.91. The van der Waals surface area contributed by atoms with E-state index in [4.69, 9.17) is 5.26 Å². The van der Waals surface area contributed by atoms with Crippen molar-refractivity contribution >= 4 is 5.84 Å². The second-order valence-corrected chi connectivity index (χ2v) is 2.10. The lowest BCUT2D eigenvalue weighted by atomic mass is 10.4. The Morgan fingerprint density at radius 1 is 1.67 bits per heavy atom. The minimum absolute atomic E-state index is 0.349. The van der Waals surface area contributed by atoms with Gasteiger partial charge in [-0.25, -0.2) is 0 Å². The molecule has 9 heavy (non-hydrogen) atoms. The van der Waals surface area contributed by atoms with Crippen LogP contribution in [0.4, 0.5) is 0 Å². The Kier molecular flexibility index (Phi) is 3.45. The van der Waals surface area contributed by atoms with E-state index >= 15 is 0 Å². The number of amidine groups is 1. The van der Waals surface area contributed by atoms with Gasteiger partial charge in [-0.2, -0.15) is 10.3 Å². The molecule has 0 heterocycles. The van der Waals surface area contributed by atoms with Crippen molar-refractivity contribution in [1.29, 1.82) is 5.26 Å². The first kappa shape index (κ1) is 7.96. The first-order valence-corrected chi connectivity index (χ1v) is 2.86. The summed E-state index contributed by atoms with van der Waals surface area (Å²) in [5.41, 5.74) is 0. The normalized spacial score (nSPS) is 11.2. The molecule has 0 fully saturated rings. The van der Waals surface area contributed by atoms with Crippen LogP contribution in [0, 0.1) is 11.5 Å². The minimum Gasteiger partial charge on any atom is -0.371 e. The second-order valence-electron chi connectivity index (χ2n) is 2.10. The van der Waals surface area contributed by atoms with E-state index in [1.165, 1.54) is 0 Å². The quantitative estimate of drug-likeness (QED) is 0.321. The Bertz CT molecular complexity index is 141. The van der Waals surface area contributed by atoms with Crippen LogP contribution in [0.2, 0.25) is 0 Å². The van der Waals surface area contributed by atoms with Gasteiger partial charge in [-0.1, -0.05) is 0 Å². The summed E-state index contributed by atoms with van der Waals surface area (Å²) < 4.78 is 0. The molecular weight excluding hydrogens is 114 g/mol. The van der Waals surface area contributed by atoms with E-state index in [0.717, 1.165) is 0 Å². The van der Waals surface area contributed by atoms with Gasteiger partial charge in [-0.05, 0) is 20.8 Å². The minimum atomic E-state index is 0.349. The van der Waals surface area contributed by atoms with Gasteiger partial charge in [0.25, 0.3) is 0 Å². The van der Waals surface area contributed by atoms with Crippen LogP contribution < -0.4 is 5.32 Å². The van der Waals surface area contributed by atoms with Crippen molar-refractivity contribution in [2.45, 2.75) is 26.8 Å². The van der Waals surface area contributed by atoms with Gasteiger partial charge in [0.2, 0.25) is 6.19 Å². The van der Waals surface area contributed by atoms with E-state index in [2.05, 4.69) is 10.3 Å². The Morgan fingerprint density at radius 3 is 2.56 bits per heavy atom. The summed E-state index contributed by atoms with van der Waals surface area (Å²) in [4.78, 5) is 3.48. The fourth-order valence-corrected chi connectivity index (χ4v) is 0.525. The number of rotatable bonds is 1. The third kappa shape index (κ3) is 4.82. The fraction of sp³-hybridized carbons (Fsp3) is 0.667. The highest BCUT2D eigenvalue weighted by Crippen LogP contribution is 1.77. The van der Waals surface area contributed by atoms with Gasteiger partial charge in [0.1, 0.15) is 5.84 Å². The van der Waals surface area contributed by atoms with Crippen molar-refractivity contribution in [3.63, 3.8) is 0 Å². The molecule has 0 aromatic rings. The topological polar surface area (TPSA) is 48.2 Å². The number of nitrogens with zero attached hydrogens (tertiary/aromatic N) is 2. The molecule has 50 valence electrons. The molecule has 0 spiro atoms. The maximum absolute atomic E-state index is 8.07. The lowest BCUT2D eigenvalue weighted by molar-refractivity contribution is 0.731. The summed E-state index contributed by atoms with van der Waals surface area (Å²) in [6, 6.07) is 0.349. The first-order valence-electron chi connectivity index (χ1n) is 2.86. The standard InChI is InChI=1S/C6H11N3/c1-5(2)9-6(3)8-4-7/h5H,1-3H3,(H,8,9). The predicted octanol–water partition coefficient (Wildman–Crippen LogP) is 0.884. The molecule has 0 aromatic heterocycles. The molecule has 3 heteroatoms. The zero-order valence-corrected chi connectivity index (χ0v) is 5.97. The largest absolute Gasteiger partial charge is 0.371 e. The summed E-state index contributed by atoms with van der Waals surface area (Å²) in [5, 5.41) is 11.0. The lowest BCUT2D eigenvalue weighted by Gasteiger charge is -2.05.